The molecular formula is C23H35FN6O2S. The highest BCUT2D eigenvalue weighted by atomic mass is 32.1. The fourth-order valence-corrected chi connectivity index (χ4v) is 6.20. The third-order valence-electron chi connectivity index (χ3n) is 6.66. The Labute approximate surface area is 199 Å². The Morgan fingerprint density at radius 2 is 2.09 bits per heavy atom. The molecule has 2 aliphatic rings. The number of alkyl halides is 1. The minimum Gasteiger partial charge on any atom is -0.389 e. The van der Waals surface area contributed by atoms with Crippen molar-refractivity contribution >= 4 is 28.3 Å². The summed E-state index contributed by atoms with van der Waals surface area (Å²) in [5.41, 5.74) is 7.60. The van der Waals surface area contributed by atoms with E-state index < -0.39 is 6.67 Å². The van der Waals surface area contributed by atoms with Crippen LogP contribution in [0.25, 0.3) is 0 Å². The first-order valence-electron chi connectivity index (χ1n) is 11.6. The quantitative estimate of drug-likeness (QED) is 0.593. The van der Waals surface area contributed by atoms with Crippen molar-refractivity contribution in [2.75, 3.05) is 59.2 Å². The van der Waals surface area contributed by atoms with Gasteiger partial charge in [0.25, 0.3) is 0 Å². The molecule has 1 aliphatic carbocycles. The van der Waals surface area contributed by atoms with Crippen LogP contribution in [-0.2, 0) is 17.6 Å². The number of amides is 3. The number of imide groups is 1. The molecule has 2 heterocycles. The standard InChI is InChI=1S/C23H35FN6O2S/c1-4-7-30(23(32)27-6-9-28(2)3)22(31)16-10-15-11-17-18(13-25)21(26)33-20(17)12-19(15)29(14-16)8-5-24/h15-16,19H,4-12,14,26H2,1-3H3,(H,27,32)/t15-,16-,19-/m1/s1. The number of anilines is 1. The number of nitrogens with zero attached hydrogens (tertiary/aromatic N) is 4. The summed E-state index contributed by atoms with van der Waals surface area (Å²) < 4.78 is 13.4. The van der Waals surface area contributed by atoms with Crippen LogP contribution in [0.1, 0.15) is 35.8 Å². The minimum absolute atomic E-state index is 0.119. The number of nitrogens with one attached hydrogen (secondary N) is 1. The van der Waals surface area contributed by atoms with Crippen molar-refractivity contribution in [2.24, 2.45) is 11.8 Å². The van der Waals surface area contributed by atoms with Crippen molar-refractivity contribution < 1.29 is 14.0 Å². The van der Waals surface area contributed by atoms with Crippen molar-refractivity contribution in [1.82, 2.24) is 20.0 Å². The number of hydrogen-bond donors (Lipinski definition) is 2. The lowest BCUT2D eigenvalue weighted by Gasteiger charge is -2.47. The van der Waals surface area contributed by atoms with Gasteiger partial charge in [0.1, 0.15) is 17.7 Å². The Balaban J connectivity index is 1.78. The highest BCUT2D eigenvalue weighted by molar-refractivity contribution is 7.16. The molecule has 0 spiro atoms. The largest absolute Gasteiger partial charge is 0.389 e. The highest BCUT2D eigenvalue weighted by Crippen LogP contribution is 2.43. The van der Waals surface area contributed by atoms with E-state index in [1.54, 1.807) is 0 Å². The second-order valence-corrected chi connectivity index (χ2v) is 10.4. The van der Waals surface area contributed by atoms with Crippen LogP contribution < -0.4 is 11.1 Å². The van der Waals surface area contributed by atoms with Crippen LogP contribution in [0.2, 0.25) is 0 Å². The monoisotopic (exact) mass is 478 g/mol. The number of halogens is 1. The molecule has 3 N–H and O–H groups in total. The zero-order chi connectivity index (χ0) is 24.1. The number of likely N-dealkylation sites (tertiary alicyclic amines) is 1. The van der Waals surface area contributed by atoms with Crippen LogP contribution in [0, 0.1) is 23.2 Å². The maximum atomic E-state index is 13.5. The van der Waals surface area contributed by atoms with E-state index in [-0.39, 0.29) is 36.4 Å². The van der Waals surface area contributed by atoms with Gasteiger partial charge in [0.05, 0.1) is 11.5 Å². The second kappa shape index (κ2) is 11.3. The number of hydrogen-bond acceptors (Lipinski definition) is 7. The van der Waals surface area contributed by atoms with E-state index in [9.17, 15) is 19.2 Å². The normalized spacial score (nSPS) is 22.4. The van der Waals surface area contributed by atoms with E-state index in [2.05, 4.69) is 16.3 Å². The fourth-order valence-electron chi connectivity index (χ4n) is 5.10. The Hall–Kier alpha value is -2.22. The molecule has 8 nitrogen and oxygen atoms in total. The lowest BCUT2D eigenvalue weighted by molar-refractivity contribution is -0.136. The molecule has 3 rings (SSSR count). The van der Waals surface area contributed by atoms with E-state index in [1.165, 1.54) is 16.2 Å². The summed E-state index contributed by atoms with van der Waals surface area (Å²) in [7, 11) is 3.85. The molecule has 0 saturated carbocycles. The number of nitriles is 1. The minimum atomic E-state index is -0.489. The van der Waals surface area contributed by atoms with Gasteiger partial charge in [-0.3, -0.25) is 14.6 Å². The summed E-state index contributed by atoms with van der Waals surface area (Å²) in [4.78, 5) is 32.7. The van der Waals surface area contributed by atoms with E-state index >= 15 is 0 Å². The number of urea groups is 1. The van der Waals surface area contributed by atoms with Gasteiger partial charge >= 0.3 is 6.03 Å². The maximum Gasteiger partial charge on any atom is 0.324 e. The van der Waals surface area contributed by atoms with Crippen LogP contribution in [-0.4, -0.2) is 86.2 Å². The maximum absolute atomic E-state index is 13.5. The Morgan fingerprint density at radius 3 is 2.73 bits per heavy atom. The molecule has 0 bridgehead atoms. The van der Waals surface area contributed by atoms with Crippen LogP contribution in [0.3, 0.4) is 0 Å². The third-order valence-corrected chi connectivity index (χ3v) is 7.74. The summed E-state index contributed by atoms with van der Waals surface area (Å²) in [6.45, 7) is 3.64. The van der Waals surface area contributed by atoms with Crippen LogP contribution in [0.4, 0.5) is 14.2 Å². The number of thiophene rings is 1. The molecule has 33 heavy (non-hydrogen) atoms. The predicted molar refractivity (Wildman–Crippen MR) is 128 cm³/mol. The molecule has 3 amide bonds. The number of rotatable bonds is 8. The molecule has 1 fully saturated rings. The number of carbonyl (C=O) groups excluding carboxylic acids is 2. The number of likely N-dealkylation sites (N-methyl/N-ethyl adjacent to an activating group) is 1. The number of nitrogens with two attached hydrogens (primary N) is 1. The number of nitrogen functional groups attached to an aromatic ring is 1. The Morgan fingerprint density at radius 1 is 1.33 bits per heavy atom. The molecular weight excluding hydrogens is 443 g/mol. The Bertz CT molecular complexity index is 898. The number of piperidine rings is 1. The van der Waals surface area contributed by atoms with Gasteiger partial charge in [0.15, 0.2) is 0 Å². The Kier molecular flexibility index (Phi) is 8.68. The average molecular weight is 479 g/mol. The van der Waals surface area contributed by atoms with Crippen molar-refractivity contribution in [2.45, 2.75) is 38.6 Å². The van der Waals surface area contributed by atoms with E-state index in [0.717, 1.165) is 16.9 Å². The van der Waals surface area contributed by atoms with Gasteiger partial charge in [0, 0.05) is 43.6 Å². The summed E-state index contributed by atoms with van der Waals surface area (Å²) in [6.07, 6.45) is 2.67. The van der Waals surface area contributed by atoms with Crippen LogP contribution >= 0.6 is 11.3 Å². The van der Waals surface area contributed by atoms with E-state index in [1.807, 2.05) is 25.9 Å². The van der Waals surface area contributed by atoms with Crippen molar-refractivity contribution in [1.29, 1.82) is 5.26 Å². The number of fused-ring (bicyclic) bond motifs is 2. The SMILES string of the molecule is CCCN(C(=O)NCCN(C)C)C(=O)[C@@H]1C[C@@H]2Cc3c(sc(N)c3C#N)C[C@H]2N(CCF)C1. The van der Waals surface area contributed by atoms with Gasteiger partial charge in [-0.15, -0.1) is 11.3 Å². The van der Waals surface area contributed by atoms with E-state index in [4.69, 9.17) is 5.73 Å². The zero-order valence-electron chi connectivity index (χ0n) is 19.8. The van der Waals surface area contributed by atoms with Crippen molar-refractivity contribution in [3.05, 3.63) is 16.0 Å². The summed E-state index contributed by atoms with van der Waals surface area (Å²) >= 11 is 1.45. The predicted octanol–water partition coefficient (Wildman–Crippen LogP) is 2.09. The van der Waals surface area contributed by atoms with Gasteiger partial charge in [-0.1, -0.05) is 6.92 Å². The molecule has 1 aliphatic heterocycles. The number of carbonyl (C=O) groups is 2. The molecule has 10 heteroatoms. The highest BCUT2D eigenvalue weighted by Gasteiger charge is 2.44. The second-order valence-electron chi connectivity index (χ2n) is 9.23. The smallest absolute Gasteiger partial charge is 0.324 e. The molecule has 3 atom stereocenters. The molecule has 0 unspecified atom stereocenters. The summed E-state index contributed by atoms with van der Waals surface area (Å²) in [6, 6.07) is 1.98. The zero-order valence-corrected chi connectivity index (χ0v) is 20.6. The lowest BCUT2D eigenvalue weighted by Crippen LogP contribution is -2.57. The molecule has 0 aromatic carbocycles. The van der Waals surface area contributed by atoms with Crippen molar-refractivity contribution in [3.8, 4) is 6.07 Å². The molecule has 1 aromatic rings. The van der Waals surface area contributed by atoms with Crippen molar-refractivity contribution in [3.63, 3.8) is 0 Å². The lowest BCUT2D eigenvalue weighted by atomic mass is 9.73. The van der Waals surface area contributed by atoms with Crippen LogP contribution in [0.5, 0.6) is 0 Å². The van der Waals surface area contributed by atoms with E-state index in [0.29, 0.717) is 56.0 Å². The molecule has 182 valence electrons. The topological polar surface area (TPSA) is 106 Å². The summed E-state index contributed by atoms with van der Waals surface area (Å²) in [5, 5.41) is 12.9. The average Bonchev–Trinajstić information content (AvgIpc) is 3.09. The first kappa shape index (κ1) is 25.4. The summed E-state index contributed by atoms with van der Waals surface area (Å²) in [5.74, 6) is -0.460. The first-order valence-corrected chi connectivity index (χ1v) is 12.5. The van der Waals surface area contributed by atoms with Gasteiger partial charge in [-0.05, 0) is 51.3 Å². The molecule has 1 aromatic heterocycles. The van der Waals surface area contributed by atoms with Gasteiger partial charge in [-0.25, -0.2) is 9.18 Å². The molecule has 0 radical (unpaired) electrons. The fraction of sp³-hybridized carbons (Fsp3) is 0.696. The van der Waals surface area contributed by atoms with Gasteiger partial charge < -0.3 is 16.0 Å². The molecule has 1 saturated heterocycles. The third kappa shape index (κ3) is 5.65. The van der Waals surface area contributed by atoms with Crippen LogP contribution in [0.15, 0.2) is 0 Å². The first-order chi connectivity index (χ1) is 15.8. The van der Waals surface area contributed by atoms with Gasteiger partial charge in [-0.2, -0.15) is 5.26 Å². The van der Waals surface area contributed by atoms with Gasteiger partial charge in [0.2, 0.25) is 5.91 Å².